The van der Waals surface area contributed by atoms with Gasteiger partial charge in [0.1, 0.15) is 5.69 Å². The van der Waals surface area contributed by atoms with Crippen molar-refractivity contribution < 1.29 is 4.79 Å². The standard InChI is InChI=1S/C16H19N3O/c1-4-17-13-8-9-18-15(11-13)16(20)19(3)14-7-5-6-12(2)10-14/h5-11H,4H2,1-3H3,(H,17,18). The molecule has 4 nitrogen and oxygen atoms in total. The summed E-state index contributed by atoms with van der Waals surface area (Å²) in [6, 6.07) is 11.5. The third-order valence-corrected chi connectivity index (χ3v) is 3.05. The summed E-state index contributed by atoms with van der Waals surface area (Å²) in [5, 5.41) is 3.18. The van der Waals surface area contributed by atoms with Crippen molar-refractivity contribution in [2.45, 2.75) is 13.8 Å². The normalized spacial score (nSPS) is 10.2. The minimum atomic E-state index is -0.115. The van der Waals surface area contributed by atoms with E-state index in [1.807, 2.05) is 44.2 Å². The number of pyridine rings is 1. The van der Waals surface area contributed by atoms with Crippen LogP contribution in [0.4, 0.5) is 11.4 Å². The van der Waals surface area contributed by atoms with Gasteiger partial charge in [-0.15, -0.1) is 0 Å². The number of hydrogen-bond donors (Lipinski definition) is 1. The number of rotatable bonds is 4. The highest BCUT2D eigenvalue weighted by Gasteiger charge is 2.15. The zero-order chi connectivity index (χ0) is 14.5. The lowest BCUT2D eigenvalue weighted by Crippen LogP contribution is -2.27. The summed E-state index contributed by atoms with van der Waals surface area (Å²) in [6.45, 7) is 4.83. The van der Waals surface area contributed by atoms with Crippen LogP contribution < -0.4 is 10.2 Å². The quantitative estimate of drug-likeness (QED) is 0.927. The van der Waals surface area contributed by atoms with Crippen LogP contribution >= 0.6 is 0 Å². The average Bonchev–Trinajstić information content (AvgIpc) is 2.46. The van der Waals surface area contributed by atoms with Gasteiger partial charge < -0.3 is 10.2 Å². The monoisotopic (exact) mass is 269 g/mol. The summed E-state index contributed by atoms with van der Waals surface area (Å²) < 4.78 is 0. The second kappa shape index (κ2) is 6.19. The van der Waals surface area contributed by atoms with Gasteiger partial charge in [-0.3, -0.25) is 9.78 Å². The van der Waals surface area contributed by atoms with Gasteiger partial charge >= 0.3 is 0 Å². The number of nitrogens with zero attached hydrogens (tertiary/aromatic N) is 2. The summed E-state index contributed by atoms with van der Waals surface area (Å²) in [6.07, 6.45) is 1.65. The molecule has 4 heteroatoms. The van der Waals surface area contributed by atoms with Crippen LogP contribution in [0.15, 0.2) is 42.6 Å². The van der Waals surface area contributed by atoms with Crippen molar-refractivity contribution in [3.8, 4) is 0 Å². The molecule has 1 aromatic carbocycles. The van der Waals surface area contributed by atoms with Gasteiger partial charge in [0.25, 0.3) is 5.91 Å². The number of anilines is 2. The van der Waals surface area contributed by atoms with Crippen molar-refractivity contribution in [3.05, 3.63) is 53.9 Å². The van der Waals surface area contributed by atoms with E-state index in [2.05, 4.69) is 10.3 Å². The minimum Gasteiger partial charge on any atom is -0.385 e. The summed E-state index contributed by atoms with van der Waals surface area (Å²) in [7, 11) is 1.76. The Morgan fingerprint density at radius 1 is 1.30 bits per heavy atom. The van der Waals surface area contributed by atoms with Crippen LogP contribution in [0.2, 0.25) is 0 Å². The first-order valence-corrected chi connectivity index (χ1v) is 6.66. The van der Waals surface area contributed by atoms with E-state index in [0.717, 1.165) is 23.5 Å². The van der Waals surface area contributed by atoms with Crippen molar-refractivity contribution in [2.24, 2.45) is 0 Å². The molecule has 0 atom stereocenters. The molecule has 0 spiro atoms. The van der Waals surface area contributed by atoms with E-state index in [1.54, 1.807) is 24.2 Å². The van der Waals surface area contributed by atoms with Crippen LogP contribution in [0, 0.1) is 6.92 Å². The smallest absolute Gasteiger partial charge is 0.276 e. The van der Waals surface area contributed by atoms with Gasteiger partial charge in [0, 0.05) is 31.2 Å². The maximum atomic E-state index is 12.4. The predicted molar refractivity (Wildman–Crippen MR) is 82.3 cm³/mol. The van der Waals surface area contributed by atoms with Crippen LogP contribution in [-0.4, -0.2) is 24.5 Å². The van der Waals surface area contributed by atoms with Crippen molar-refractivity contribution >= 4 is 17.3 Å². The minimum absolute atomic E-state index is 0.115. The largest absolute Gasteiger partial charge is 0.385 e. The molecule has 0 saturated carbocycles. The Bertz CT molecular complexity index is 610. The Morgan fingerprint density at radius 3 is 2.80 bits per heavy atom. The molecule has 1 amide bonds. The summed E-state index contributed by atoms with van der Waals surface area (Å²) in [5.74, 6) is -0.115. The molecule has 0 aliphatic heterocycles. The molecule has 0 aliphatic rings. The number of carbonyl (C=O) groups is 1. The van der Waals surface area contributed by atoms with E-state index < -0.39 is 0 Å². The van der Waals surface area contributed by atoms with Crippen molar-refractivity contribution in [2.75, 3.05) is 23.8 Å². The van der Waals surface area contributed by atoms with E-state index in [4.69, 9.17) is 0 Å². The maximum absolute atomic E-state index is 12.4. The van der Waals surface area contributed by atoms with E-state index in [0.29, 0.717) is 5.69 Å². The highest BCUT2D eigenvalue weighted by atomic mass is 16.2. The molecule has 0 bridgehead atoms. The third kappa shape index (κ3) is 3.15. The van der Waals surface area contributed by atoms with Gasteiger partial charge in [0.05, 0.1) is 0 Å². The zero-order valence-corrected chi connectivity index (χ0v) is 12.1. The van der Waals surface area contributed by atoms with Crippen LogP contribution in [0.1, 0.15) is 23.0 Å². The average molecular weight is 269 g/mol. The van der Waals surface area contributed by atoms with Gasteiger partial charge in [-0.2, -0.15) is 0 Å². The first kappa shape index (κ1) is 14.1. The first-order chi connectivity index (χ1) is 9.61. The number of aromatic nitrogens is 1. The number of hydrogen-bond acceptors (Lipinski definition) is 3. The third-order valence-electron chi connectivity index (χ3n) is 3.05. The first-order valence-electron chi connectivity index (χ1n) is 6.66. The molecular formula is C16H19N3O. The number of benzene rings is 1. The van der Waals surface area contributed by atoms with Gasteiger partial charge in [-0.1, -0.05) is 12.1 Å². The molecule has 20 heavy (non-hydrogen) atoms. The highest BCUT2D eigenvalue weighted by Crippen LogP contribution is 2.17. The number of amides is 1. The van der Waals surface area contributed by atoms with Gasteiger partial charge in [0.15, 0.2) is 0 Å². The van der Waals surface area contributed by atoms with E-state index in [9.17, 15) is 4.79 Å². The Morgan fingerprint density at radius 2 is 2.10 bits per heavy atom. The van der Waals surface area contributed by atoms with Crippen LogP contribution in [0.3, 0.4) is 0 Å². The molecule has 1 aromatic heterocycles. The van der Waals surface area contributed by atoms with Crippen LogP contribution in [-0.2, 0) is 0 Å². The van der Waals surface area contributed by atoms with Crippen molar-refractivity contribution in [1.82, 2.24) is 4.98 Å². The van der Waals surface area contributed by atoms with Crippen LogP contribution in [0.25, 0.3) is 0 Å². The van der Waals surface area contributed by atoms with Gasteiger partial charge in [0.2, 0.25) is 0 Å². The fraction of sp³-hybridized carbons (Fsp3) is 0.250. The van der Waals surface area contributed by atoms with Gasteiger partial charge in [-0.25, -0.2) is 0 Å². The number of carbonyl (C=O) groups excluding carboxylic acids is 1. The van der Waals surface area contributed by atoms with Crippen LogP contribution in [0.5, 0.6) is 0 Å². The lowest BCUT2D eigenvalue weighted by molar-refractivity contribution is 0.0988. The molecular weight excluding hydrogens is 250 g/mol. The second-order valence-corrected chi connectivity index (χ2v) is 4.66. The summed E-state index contributed by atoms with van der Waals surface area (Å²) in [5.41, 5.74) is 3.33. The Balaban J connectivity index is 2.24. The maximum Gasteiger partial charge on any atom is 0.276 e. The summed E-state index contributed by atoms with van der Waals surface area (Å²) >= 11 is 0. The fourth-order valence-electron chi connectivity index (χ4n) is 1.99. The molecule has 0 fully saturated rings. The Hall–Kier alpha value is -2.36. The Kier molecular flexibility index (Phi) is 4.35. The molecule has 104 valence electrons. The fourth-order valence-corrected chi connectivity index (χ4v) is 1.99. The summed E-state index contributed by atoms with van der Waals surface area (Å²) in [4.78, 5) is 18.2. The number of nitrogens with one attached hydrogen (secondary N) is 1. The molecule has 0 radical (unpaired) electrons. The van der Waals surface area contributed by atoms with Gasteiger partial charge in [-0.05, 0) is 43.7 Å². The molecule has 0 unspecified atom stereocenters. The second-order valence-electron chi connectivity index (χ2n) is 4.66. The predicted octanol–water partition coefficient (Wildman–Crippen LogP) is 3.10. The van der Waals surface area contributed by atoms with E-state index in [-0.39, 0.29) is 5.91 Å². The van der Waals surface area contributed by atoms with E-state index in [1.165, 1.54) is 0 Å². The topological polar surface area (TPSA) is 45.2 Å². The van der Waals surface area contributed by atoms with E-state index >= 15 is 0 Å². The number of aryl methyl sites for hydroxylation is 1. The van der Waals surface area contributed by atoms with Crippen molar-refractivity contribution in [3.63, 3.8) is 0 Å². The molecule has 2 aromatic rings. The molecule has 1 heterocycles. The Labute approximate surface area is 119 Å². The van der Waals surface area contributed by atoms with Crippen molar-refractivity contribution in [1.29, 1.82) is 0 Å². The molecule has 1 N–H and O–H groups in total. The molecule has 2 rings (SSSR count). The molecule has 0 saturated heterocycles. The SMILES string of the molecule is CCNc1ccnc(C(=O)N(C)c2cccc(C)c2)c1. The lowest BCUT2D eigenvalue weighted by Gasteiger charge is -2.17. The molecule has 0 aliphatic carbocycles. The lowest BCUT2D eigenvalue weighted by atomic mass is 10.2. The highest BCUT2D eigenvalue weighted by molar-refractivity contribution is 6.04. The zero-order valence-electron chi connectivity index (χ0n) is 12.1.